The van der Waals surface area contributed by atoms with Crippen LogP contribution < -0.4 is 9.64 Å². The number of anilines is 1. The quantitative estimate of drug-likeness (QED) is 0.294. The number of halogens is 1. The molecule has 0 spiro atoms. The van der Waals surface area contributed by atoms with Crippen LogP contribution in [0.4, 0.5) is 10.1 Å². The van der Waals surface area contributed by atoms with Gasteiger partial charge in [-0.1, -0.05) is 57.2 Å². The van der Waals surface area contributed by atoms with E-state index in [2.05, 4.69) is 36.1 Å². The fourth-order valence-corrected chi connectivity index (χ4v) is 4.89. The van der Waals surface area contributed by atoms with E-state index in [1.165, 1.54) is 11.6 Å². The van der Waals surface area contributed by atoms with Gasteiger partial charge in [0.15, 0.2) is 5.78 Å². The van der Waals surface area contributed by atoms with Crippen molar-refractivity contribution in [3.8, 4) is 11.8 Å². The van der Waals surface area contributed by atoms with Gasteiger partial charge in [0.2, 0.25) is 0 Å². The van der Waals surface area contributed by atoms with Crippen molar-refractivity contribution in [2.75, 3.05) is 31.1 Å². The molecular formula is C32H36FN3O2. The Bertz CT molecular complexity index is 1290. The monoisotopic (exact) mass is 513 g/mol. The van der Waals surface area contributed by atoms with Gasteiger partial charge >= 0.3 is 0 Å². The Morgan fingerprint density at radius 2 is 1.74 bits per heavy atom. The number of rotatable bonds is 10. The van der Waals surface area contributed by atoms with Crippen molar-refractivity contribution < 1.29 is 13.9 Å². The first-order valence-electron chi connectivity index (χ1n) is 13.5. The summed E-state index contributed by atoms with van der Waals surface area (Å²) in [7, 11) is 0. The predicted molar refractivity (Wildman–Crippen MR) is 149 cm³/mol. The van der Waals surface area contributed by atoms with Gasteiger partial charge in [0.1, 0.15) is 18.2 Å². The number of nitriles is 1. The van der Waals surface area contributed by atoms with Crippen molar-refractivity contribution in [3.05, 3.63) is 94.3 Å². The van der Waals surface area contributed by atoms with E-state index in [0.717, 1.165) is 68.0 Å². The van der Waals surface area contributed by atoms with Gasteiger partial charge < -0.3 is 9.64 Å². The van der Waals surface area contributed by atoms with Gasteiger partial charge in [0.05, 0.1) is 17.3 Å². The fourth-order valence-electron chi connectivity index (χ4n) is 4.89. The smallest absolute Gasteiger partial charge is 0.166 e. The summed E-state index contributed by atoms with van der Waals surface area (Å²) in [5.74, 6) is 0.628. The van der Waals surface area contributed by atoms with Gasteiger partial charge in [-0.05, 0) is 48.2 Å². The molecule has 1 unspecified atom stereocenters. The summed E-state index contributed by atoms with van der Waals surface area (Å²) in [6.45, 7) is 10.5. The van der Waals surface area contributed by atoms with Gasteiger partial charge in [-0.25, -0.2) is 4.39 Å². The van der Waals surface area contributed by atoms with Crippen LogP contribution in [0.2, 0.25) is 0 Å². The van der Waals surface area contributed by atoms with E-state index in [1.54, 1.807) is 12.1 Å². The highest BCUT2D eigenvalue weighted by molar-refractivity contribution is 5.99. The molecule has 0 amide bonds. The van der Waals surface area contributed by atoms with Crippen molar-refractivity contribution in [1.29, 1.82) is 5.26 Å². The first kappa shape index (κ1) is 27.3. The lowest BCUT2D eigenvalue weighted by Crippen LogP contribution is -2.46. The average molecular weight is 514 g/mol. The number of carbonyl (C=O) groups is 1. The van der Waals surface area contributed by atoms with Crippen LogP contribution in [0.5, 0.6) is 5.75 Å². The molecule has 1 fully saturated rings. The lowest BCUT2D eigenvalue weighted by molar-refractivity contribution is 0.0925. The van der Waals surface area contributed by atoms with E-state index in [4.69, 9.17) is 10.00 Å². The van der Waals surface area contributed by atoms with Crippen LogP contribution in [0, 0.1) is 23.1 Å². The second-order valence-corrected chi connectivity index (χ2v) is 9.96. The third-order valence-electron chi connectivity index (χ3n) is 7.43. The lowest BCUT2D eigenvalue weighted by atomic mass is 9.92. The van der Waals surface area contributed by atoms with Crippen LogP contribution in [0.25, 0.3) is 0 Å². The van der Waals surface area contributed by atoms with Crippen LogP contribution in [0.1, 0.15) is 59.8 Å². The number of hydrogen-bond donors (Lipinski definition) is 0. The molecular weight excluding hydrogens is 477 g/mol. The minimum atomic E-state index is -0.338. The van der Waals surface area contributed by atoms with Crippen LogP contribution in [0.3, 0.4) is 0 Å². The number of carbonyl (C=O) groups excluding carboxylic acids is 1. The van der Waals surface area contributed by atoms with Crippen LogP contribution >= 0.6 is 0 Å². The Hall–Kier alpha value is -3.69. The highest BCUT2D eigenvalue weighted by Crippen LogP contribution is 2.27. The summed E-state index contributed by atoms with van der Waals surface area (Å²) in [5, 5.41) is 8.96. The fraction of sp³-hybridized carbons (Fsp3) is 0.375. The zero-order valence-electron chi connectivity index (χ0n) is 22.5. The molecule has 0 aromatic heterocycles. The molecule has 1 aliphatic heterocycles. The molecule has 6 heteroatoms. The minimum absolute atomic E-state index is 0.00297. The van der Waals surface area contributed by atoms with Crippen LogP contribution in [-0.2, 0) is 19.6 Å². The first-order chi connectivity index (χ1) is 18.4. The molecule has 0 bridgehead atoms. The predicted octanol–water partition coefficient (Wildman–Crippen LogP) is 6.39. The van der Waals surface area contributed by atoms with E-state index in [0.29, 0.717) is 17.9 Å². The molecule has 0 aliphatic carbocycles. The number of ketones is 1. The standard InChI is InChI=1S/C32H36FN3O2/c1-4-23(3)32(37)28-7-6-8-31(27(28)5-2)38-22-25-11-9-24(10-12-25)21-35-15-17-36(18-16-35)30-14-13-26(20-34)19-29(30)33/h6-14,19,23H,4-5,15-18,21-22H2,1-3H3. The Labute approximate surface area is 225 Å². The summed E-state index contributed by atoms with van der Waals surface area (Å²) in [5.41, 5.74) is 4.97. The maximum Gasteiger partial charge on any atom is 0.166 e. The summed E-state index contributed by atoms with van der Waals surface area (Å²) >= 11 is 0. The number of ether oxygens (including phenoxy) is 1. The topological polar surface area (TPSA) is 56.6 Å². The van der Waals surface area contributed by atoms with Crippen molar-refractivity contribution in [1.82, 2.24) is 4.90 Å². The third-order valence-corrected chi connectivity index (χ3v) is 7.43. The summed E-state index contributed by atoms with van der Waals surface area (Å²) in [4.78, 5) is 17.2. The maximum atomic E-state index is 14.4. The average Bonchev–Trinajstić information content (AvgIpc) is 2.96. The van der Waals surface area contributed by atoms with Gasteiger partial charge in [-0.15, -0.1) is 0 Å². The van der Waals surface area contributed by atoms with E-state index in [9.17, 15) is 9.18 Å². The Balaban J connectivity index is 1.31. The molecule has 1 aliphatic rings. The molecule has 4 rings (SSSR count). The molecule has 1 heterocycles. The summed E-state index contributed by atoms with van der Waals surface area (Å²) in [6.07, 6.45) is 1.57. The third kappa shape index (κ3) is 6.41. The van der Waals surface area contributed by atoms with Gasteiger partial charge in [0.25, 0.3) is 0 Å². The number of nitrogens with zero attached hydrogens (tertiary/aromatic N) is 3. The lowest BCUT2D eigenvalue weighted by Gasteiger charge is -2.36. The van der Waals surface area contributed by atoms with E-state index in [1.807, 2.05) is 43.0 Å². The molecule has 198 valence electrons. The van der Waals surface area contributed by atoms with Gasteiger partial charge in [-0.2, -0.15) is 5.26 Å². The van der Waals surface area contributed by atoms with Gasteiger partial charge in [-0.3, -0.25) is 9.69 Å². The van der Waals surface area contributed by atoms with Gasteiger partial charge in [0, 0.05) is 49.8 Å². The highest BCUT2D eigenvalue weighted by Gasteiger charge is 2.21. The maximum absolute atomic E-state index is 14.4. The van der Waals surface area contributed by atoms with E-state index >= 15 is 0 Å². The second kappa shape index (κ2) is 12.7. The summed E-state index contributed by atoms with van der Waals surface area (Å²) < 4.78 is 20.6. The zero-order chi connectivity index (χ0) is 27.1. The molecule has 0 N–H and O–H groups in total. The SMILES string of the molecule is CCc1c(OCc2ccc(CN3CCN(c4ccc(C#N)cc4F)CC3)cc2)cccc1C(=O)C(C)CC. The second-order valence-electron chi connectivity index (χ2n) is 9.96. The molecule has 5 nitrogen and oxygen atoms in total. The van der Waals surface area contributed by atoms with Crippen molar-refractivity contribution >= 4 is 11.5 Å². The molecule has 1 saturated heterocycles. The molecule has 3 aromatic carbocycles. The number of Topliss-reactive ketones (excluding diaryl/α,β-unsaturated/α-hetero) is 1. The Morgan fingerprint density at radius 3 is 2.37 bits per heavy atom. The van der Waals surface area contributed by atoms with Crippen molar-refractivity contribution in [2.45, 2.75) is 46.8 Å². The number of hydrogen-bond acceptors (Lipinski definition) is 5. The Kier molecular flexibility index (Phi) is 9.15. The number of piperazine rings is 1. The van der Waals surface area contributed by atoms with Crippen LogP contribution in [-0.4, -0.2) is 36.9 Å². The zero-order valence-corrected chi connectivity index (χ0v) is 22.5. The molecule has 3 aromatic rings. The normalized spacial score (nSPS) is 14.7. The van der Waals surface area contributed by atoms with Crippen molar-refractivity contribution in [2.24, 2.45) is 5.92 Å². The molecule has 0 radical (unpaired) electrons. The van der Waals surface area contributed by atoms with Crippen molar-refractivity contribution in [3.63, 3.8) is 0 Å². The first-order valence-corrected chi connectivity index (χ1v) is 13.5. The minimum Gasteiger partial charge on any atom is -0.489 e. The van der Waals surface area contributed by atoms with E-state index in [-0.39, 0.29) is 17.5 Å². The largest absolute Gasteiger partial charge is 0.489 e. The van der Waals surface area contributed by atoms with E-state index < -0.39 is 0 Å². The molecule has 0 saturated carbocycles. The molecule has 38 heavy (non-hydrogen) atoms. The molecule has 1 atom stereocenters. The summed E-state index contributed by atoms with van der Waals surface area (Å²) in [6, 6.07) is 20.9. The highest BCUT2D eigenvalue weighted by atomic mass is 19.1. The Morgan fingerprint density at radius 1 is 1.03 bits per heavy atom. The van der Waals surface area contributed by atoms with Crippen LogP contribution in [0.15, 0.2) is 60.7 Å². The number of benzene rings is 3.